The third kappa shape index (κ3) is 3.30. The third-order valence-electron chi connectivity index (χ3n) is 3.03. The lowest BCUT2D eigenvalue weighted by molar-refractivity contribution is 0.102. The number of carbonyl (C=O) groups excluding carboxylic acids is 1. The van der Waals surface area contributed by atoms with Gasteiger partial charge in [-0.15, -0.1) is 0 Å². The van der Waals surface area contributed by atoms with Crippen LogP contribution in [0.3, 0.4) is 0 Å². The molecule has 0 heterocycles. The smallest absolute Gasteiger partial charge is 0.259 e. The number of phenolic OH excluding ortho intramolecular Hbond substituents is 1. The average molecular weight is 381 g/mol. The molecule has 0 unspecified atom stereocenters. The molecule has 0 saturated heterocycles. The van der Waals surface area contributed by atoms with Crippen molar-refractivity contribution in [2.45, 2.75) is 19.8 Å². The number of anilines is 1. The summed E-state index contributed by atoms with van der Waals surface area (Å²) >= 11 is 2.11. The van der Waals surface area contributed by atoms with Crippen molar-refractivity contribution in [1.29, 1.82) is 0 Å². The maximum Gasteiger partial charge on any atom is 0.259 e. The Balaban J connectivity index is 2.31. The van der Waals surface area contributed by atoms with Crippen LogP contribution in [0.25, 0.3) is 0 Å². The van der Waals surface area contributed by atoms with Crippen LogP contribution in [0.2, 0.25) is 0 Å². The van der Waals surface area contributed by atoms with Crippen molar-refractivity contribution in [2.75, 3.05) is 5.32 Å². The average Bonchev–Trinajstić information content (AvgIpc) is 2.41. The van der Waals surface area contributed by atoms with Gasteiger partial charge >= 0.3 is 0 Å². The fourth-order valence-electron chi connectivity index (χ4n) is 1.99. The number of hydrogen-bond donors (Lipinski definition) is 2. The maximum atomic E-state index is 12.3. The zero-order chi connectivity index (χ0) is 14.7. The van der Waals surface area contributed by atoms with E-state index in [-0.39, 0.29) is 17.2 Å². The number of hydrogen-bond acceptors (Lipinski definition) is 2. The van der Waals surface area contributed by atoms with Crippen molar-refractivity contribution in [2.24, 2.45) is 0 Å². The quantitative estimate of drug-likeness (QED) is 0.776. The molecule has 2 N–H and O–H groups in total. The summed E-state index contributed by atoms with van der Waals surface area (Å²) in [4.78, 5) is 12.3. The Morgan fingerprint density at radius 1 is 1.20 bits per heavy atom. The normalized spacial score (nSPS) is 10.6. The molecule has 0 radical (unpaired) electrons. The zero-order valence-corrected chi connectivity index (χ0v) is 13.5. The van der Waals surface area contributed by atoms with Gasteiger partial charge in [0.1, 0.15) is 5.75 Å². The summed E-state index contributed by atoms with van der Waals surface area (Å²) in [5.74, 6) is 0.00932. The number of phenols is 1. The van der Waals surface area contributed by atoms with Crippen molar-refractivity contribution >= 4 is 34.2 Å². The SMILES string of the molecule is CC(C)c1ccccc1NC(=O)c1cc(I)ccc1O. The fourth-order valence-corrected chi connectivity index (χ4v) is 2.49. The first kappa shape index (κ1) is 14.8. The van der Waals surface area contributed by atoms with Gasteiger partial charge in [-0.05, 0) is 58.3 Å². The predicted octanol–water partition coefficient (Wildman–Crippen LogP) is 4.37. The minimum Gasteiger partial charge on any atom is -0.507 e. The van der Waals surface area contributed by atoms with E-state index in [2.05, 4.69) is 41.8 Å². The molecule has 2 rings (SSSR count). The van der Waals surface area contributed by atoms with E-state index < -0.39 is 0 Å². The highest BCUT2D eigenvalue weighted by Crippen LogP contribution is 2.26. The molecule has 0 saturated carbocycles. The maximum absolute atomic E-state index is 12.3. The highest BCUT2D eigenvalue weighted by Gasteiger charge is 2.14. The molecule has 2 aromatic carbocycles. The zero-order valence-electron chi connectivity index (χ0n) is 11.4. The molecule has 0 aliphatic carbocycles. The molecule has 3 nitrogen and oxygen atoms in total. The molecule has 0 aromatic heterocycles. The lowest BCUT2D eigenvalue weighted by Crippen LogP contribution is -2.14. The van der Waals surface area contributed by atoms with Crippen LogP contribution in [-0.4, -0.2) is 11.0 Å². The van der Waals surface area contributed by atoms with E-state index in [4.69, 9.17) is 0 Å². The molecule has 0 bridgehead atoms. The highest BCUT2D eigenvalue weighted by molar-refractivity contribution is 14.1. The Morgan fingerprint density at radius 2 is 1.90 bits per heavy atom. The molecule has 2 aromatic rings. The van der Waals surface area contributed by atoms with Gasteiger partial charge in [0.2, 0.25) is 0 Å². The summed E-state index contributed by atoms with van der Waals surface area (Å²) < 4.78 is 0.905. The van der Waals surface area contributed by atoms with E-state index in [0.717, 1.165) is 14.8 Å². The van der Waals surface area contributed by atoms with E-state index in [1.165, 1.54) is 6.07 Å². The summed E-state index contributed by atoms with van der Waals surface area (Å²) in [6, 6.07) is 12.7. The summed E-state index contributed by atoms with van der Waals surface area (Å²) in [7, 11) is 0. The lowest BCUT2D eigenvalue weighted by Gasteiger charge is -2.14. The molecule has 1 amide bonds. The Labute approximate surface area is 132 Å². The summed E-state index contributed by atoms with van der Waals surface area (Å²) in [6.07, 6.45) is 0. The molecule has 0 spiro atoms. The Kier molecular flexibility index (Phi) is 4.65. The number of amides is 1. The standard InChI is InChI=1S/C16H16INO2/c1-10(2)12-5-3-4-6-14(12)18-16(20)13-9-11(17)7-8-15(13)19/h3-10,19H,1-2H3,(H,18,20). The van der Waals surface area contributed by atoms with Crippen LogP contribution in [0.5, 0.6) is 5.75 Å². The van der Waals surface area contributed by atoms with Crippen LogP contribution in [-0.2, 0) is 0 Å². The van der Waals surface area contributed by atoms with Gasteiger partial charge in [-0.25, -0.2) is 0 Å². The highest BCUT2D eigenvalue weighted by atomic mass is 127. The number of benzene rings is 2. The summed E-state index contributed by atoms with van der Waals surface area (Å²) in [6.45, 7) is 4.15. The largest absolute Gasteiger partial charge is 0.507 e. The first-order valence-corrected chi connectivity index (χ1v) is 7.45. The molecule has 0 atom stereocenters. The van der Waals surface area contributed by atoms with E-state index in [9.17, 15) is 9.90 Å². The third-order valence-corrected chi connectivity index (χ3v) is 3.71. The van der Waals surface area contributed by atoms with Crippen LogP contribution < -0.4 is 5.32 Å². The van der Waals surface area contributed by atoms with Gasteiger partial charge in [0.15, 0.2) is 0 Å². The molecule has 4 heteroatoms. The second-order valence-electron chi connectivity index (χ2n) is 4.86. The predicted molar refractivity (Wildman–Crippen MR) is 89.3 cm³/mol. The molecule has 0 fully saturated rings. The van der Waals surface area contributed by atoms with Gasteiger partial charge < -0.3 is 10.4 Å². The number of nitrogens with one attached hydrogen (secondary N) is 1. The second kappa shape index (κ2) is 6.26. The van der Waals surface area contributed by atoms with Gasteiger partial charge in [-0.3, -0.25) is 4.79 Å². The number of rotatable bonds is 3. The monoisotopic (exact) mass is 381 g/mol. The van der Waals surface area contributed by atoms with Crippen LogP contribution >= 0.6 is 22.6 Å². The first-order valence-electron chi connectivity index (χ1n) is 6.38. The first-order chi connectivity index (χ1) is 9.49. The van der Waals surface area contributed by atoms with Crippen molar-refractivity contribution in [3.8, 4) is 5.75 Å². The van der Waals surface area contributed by atoms with Gasteiger partial charge in [-0.1, -0.05) is 32.0 Å². The number of halogens is 1. The minimum absolute atomic E-state index is 0.00931. The minimum atomic E-state index is -0.297. The molecule has 0 aliphatic rings. The molecule has 104 valence electrons. The molecule has 0 aliphatic heterocycles. The van der Waals surface area contributed by atoms with Crippen LogP contribution in [0.1, 0.15) is 35.7 Å². The van der Waals surface area contributed by atoms with Crippen molar-refractivity contribution in [1.82, 2.24) is 0 Å². The lowest BCUT2D eigenvalue weighted by atomic mass is 10.0. The molecule has 20 heavy (non-hydrogen) atoms. The van der Waals surface area contributed by atoms with Crippen LogP contribution in [0.15, 0.2) is 42.5 Å². The van der Waals surface area contributed by atoms with Gasteiger partial charge in [-0.2, -0.15) is 0 Å². The van der Waals surface area contributed by atoms with E-state index in [1.807, 2.05) is 24.3 Å². The fraction of sp³-hybridized carbons (Fsp3) is 0.188. The van der Waals surface area contributed by atoms with Gasteiger partial charge in [0.05, 0.1) is 5.56 Å². The summed E-state index contributed by atoms with van der Waals surface area (Å²) in [5.41, 5.74) is 2.15. The van der Waals surface area contributed by atoms with Crippen molar-refractivity contribution in [3.63, 3.8) is 0 Å². The Morgan fingerprint density at radius 3 is 2.60 bits per heavy atom. The van der Waals surface area contributed by atoms with E-state index in [1.54, 1.807) is 12.1 Å². The van der Waals surface area contributed by atoms with Gasteiger partial charge in [0, 0.05) is 9.26 Å². The molecular weight excluding hydrogens is 365 g/mol. The Bertz CT molecular complexity index is 638. The van der Waals surface area contributed by atoms with Gasteiger partial charge in [0.25, 0.3) is 5.91 Å². The topological polar surface area (TPSA) is 49.3 Å². The number of aromatic hydroxyl groups is 1. The van der Waals surface area contributed by atoms with Crippen LogP contribution in [0, 0.1) is 3.57 Å². The van der Waals surface area contributed by atoms with E-state index in [0.29, 0.717) is 5.92 Å². The number of para-hydroxylation sites is 1. The van der Waals surface area contributed by atoms with Crippen molar-refractivity contribution < 1.29 is 9.90 Å². The van der Waals surface area contributed by atoms with Crippen molar-refractivity contribution in [3.05, 3.63) is 57.2 Å². The molecular formula is C16H16INO2. The second-order valence-corrected chi connectivity index (χ2v) is 6.10. The Hall–Kier alpha value is -1.56. The van der Waals surface area contributed by atoms with Crippen LogP contribution in [0.4, 0.5) is 5.69 Å². The number of carbonyl (C=O) groups is 1. The summed E-state index contributed by atoms with van der Waals surface area (Å²) in [5, 5.41) is 12.7. The van der Waals surface area contributed by atoms with E-state index >= 15 is 0 Å².